The molecule has 0 aliphatic carbocycles. The van der Waals surface area contributed by atoms with Crippen LogP contribution < -0.4 is 5.32 Å². The molecule has 4 heteroatoms. The molecule has 0 unspecified atom stereocenters. The van der Waals surface area contributed by atoms with Crippen LogP contribution in [0.1, 0.15) is 15.9 Å². The van der Waals surface area contributed by atoms with E-state index in [2.05, 4.69) is 5.32 Å². The summed E-state index contributed by atoms with van der Waals surface area (Å²) in [5.41, 5.74) is 2.58. The number of amides is 1. The van der Waals surface area contributed by atoms with Gasteiger partial charge in [0.05, 0.1) is 0 Å². The molecule has 0 saturated carbocycles. The van der Waals surface area contributed by atoms with Gasteiger partial charge in [-0.2, -0.15) is 0 Å². The summed E-state index contributed by atoms with van der Waals surface area (Å²) in [4.78, 5) is 13.3. The van der Waals surface area contributed by atoms with Crippen LogP contribution >= 0.6 is 0 Å². The topological polar surface area (TPSA) is 32.3 Å². The fraction of sp³-hybridized carbons (Fsp3) is 0.188. The molecule has 0 atom stereocenters. The predicted octanol–water partition coefficient (Wildman–Crippen LogP) is 3.14. The van der Waals surface area contributed by atoms with Crippen LogP contribution in [-0.4, -0.2) is 24.9 Å². The van der Waals surface area contributed by atoms with Crippen LogP contribution in [0, 0.1) is 5.82 Å². The maximum atomic E-state index is 12.8. The molecule has 2 aromatic carbocycles. The van der Waals surface area contributed by atoms with Gasteiger partial charge in [-0.05, 0) is 42.0 Å². The van der Waals surface area contributed by atoms with Crippen molar-refractivity contribution in [3.63, 3.8) is 0 Å². The summed E-state index contributed by atoms with van der Waals surface area (Å²) < 4.78 is 12.8. The molecule has 1 N–H and O–H groups in total. The largest absolute Gasteiger partial charge is 0.381 e. The summed E-state index contributed by atoms with van der Waals surface area (Å²) in [5.74, 6) is -0.254. The second-order valence-electron chi connectivity index (χ2n) is 4.76. The van der Waals surface area contributed by atoms with E-state index < -0.39 is 0 Å². The van der Waals surface area contributed by atoms with E-state index in [0.717, 1.165) is 11.3 Å². The number of halogens is 1. The van der Waals surface area contributed by atoms with E-state index >= 15 is 0 Å². The molecule has 104 valence electrons. The third-order valence-electron chi connectivity index (χ3n) is 2.95. The summed E-state index contributed by atoms with van der Waals surface area (Å²) in [6, 6.07) is 13.7. The maximum Gasteiger partial charge on any atom is 0.253 e. The Morgan fingerprint density at radius 2 is 1.65 bits per heavy atom. The second-order valence-corrected chi connectivity index (χ2v) is 4.76. The van der Waals surface area contributed by atoms with Crippen molar-refractivity contribution < 1.29 is 9.18 Å². The highest BCUT2D eigenvalue weighted by Crippen LogP contribution is 2.12. The van der Waals surface area contributed by atoms with E-state index in [4.69, 9.17) is 0 Å². The van der Waals surface area contributed by atoms with Crippen molar-refractivity contribution >= 4 is 11.6 Å². The third-order valence-corrected chi connectivity index (χ3v) is 2.95. The molecule has 0 aromatic heterocycles. The molecule has 0 saturated heterocycles. The van der Waals surface area contributed by atoms with E-state index in [1.54, 1.807) is 43.3 Å². The van der Waals surface area contributed by atoms with Crippen LogP contribution in [0.5, 0.6) is 0 Å². The minimum absolute atomic E-state index is 0.0184. The fourth-order valence-corrected chi connectivity index (χ4v) is 1.80. The fourth-order valence-electron chi connectivity index (χ4n) is 1.80. The Bertz CT molecular complexity index is 576. The molecule has 0 fully saturated rings. The molecule has 0 aliphatic heterocycles. The SMILES string of the molecule is CN(C)C(=O)c1ccc(NCc2ccc(F)cc2)cc1. The van der Waals surface area contributed by atoms with Crippen molar-refractivity contribution in [2.24, 2.45) is 0 Å². The molecule has 2 aromatic rings. The number of nitrogens with zero attached hydrogens (tertiary/aromatic N) is 1. The lowest BCUT2D eigenvalue weighted by molar-refractivity contribution is 0.0827. The van der Waals surface area contributed by atoms with Gasteiger partial charge in [-0.1, -0.05) is 12.1 Å². The maximum absolute atomic E-state index is 12.8. The van der Waals surface area contributed by atoms with Crippen LogP contribution in [-0.2, 0) is 6.54 Å². The van der Waals surface area contributed by atoms with Crippen molar-refractivity contribution in [3.05, 3.63) is 65.5 Å². The Balaban J connectivity index is 1.97. The van der Waals surface area contributed by atoms with Gasteiger partial charge in [0, 0.05) is 31.9 Å². The zero-order chi connectivity index (χ0) is 14.5. The summed E-state index contributed by atoms with van der Waals surface area (Å²) in [5, 5.41) is 3.23. The smallest absolute Gasteiger partial charge is 0.253 e. The average Bonchev–Trinajstić information content (AvgIpc) is 2.46. The molecule has 20 heavy (non-hydrogen) atoms. The number of anilines is 1. The van der Waals surface area contributed by atoms with Gasteiger partial charge in [-0.25, -0.2) is 4.39 Å². The lowest BCUT2D eigenvalue weighted by Crippen LogP contribution is -2.21. The normalized spacial score (nSPS) is 10.2. The first-order chi connectivity index (χ1) is 9.56. The lowest BCUT2D eigenvalue weighted by Gasteiger charge is -2.11. The minimum Gasteiger partial charge on any atom is -0.381 e. The van der Waals surface area contributed by atoms with Gasteiger partial charge in [0.1, 0.15) is 5.82 Å². The molecule has 3 nitrogen and oxygen atoms in total. The van der Waals surface area contributed by atoms with Gasteiger partial charge in [-0.15, -0.1) is 0 Å². The van der Waals surface area contributed by atoms with Crippen molar-refractivity contribution in [1.29, 1.82) is 0 Å². The highest BCUT2D eigenvalue weighted by atomic mass is 19.1. The molecule has 1 amide bonds. The van der Waals surface area contributed by atoms with Crippen molar-refractivity contribution in [3.8, 4) is 0 Å². The van der Waals surface area contributed by atoms with E-state index in [0.29, 0.717) is 12.1 Å². The van der Waals surface area contributed by atoms with E-state index in [1.165, 1.54) is 12.1 Å². The van der Waals surface area contributed by atoms with Crippen molar-refractivity contribution in [2.45, 2.75) is 6.54 Å². The van der Waals surface area contributed by atoms with E-state index in [-0.39, 0.29) is 11.7 Å². The molecule has 0 radical (unpaired) electrons. The predicted molar refractivity (Wildman–Crippen MR) is 78.2 cm³/mol. The number of benzene rings is 2. The van der Waals surface area contributed by atoms with Gasteiger partial charge in [0.2, 0.25) is 0 Å². The average molecular weight is 272 g/mol. The summed E-state index contributed by atoms with van der Waals surface area (Å²) in [6.07, 6.45) is 0. The third kappa shape index (κ3) is 3.57. The minimum atomic E-state index is -0.236. The first kappa shape index (κ1) is 14.1. The van der Waals surface area contributed by atoms with E-state index in [9.17, 15) is 9.18 Å². The Labute approximate surface area is 118 Å². The van der Waals surface area contributed by atoms with Crippen LogP contribution in [0.3, 0.4) is 0 Å². The second kappa shape index (κ2) is 6.19. The summed E-state index contributed by atoms with van der Waals surface area (Å²) >= 11 is 0. The Hall–Kier alpha value is -2.36. The van der Waals surface area contributed by atoms with Crippen molar-refractivity contribution in [1.82, 2.24) is 4.90 Å². The Kier molecular flexibility index (Phi) is 4.35. The summed E-state index contributed by atoms with van der Waals surface area (Å²) in [6.45, 7) is 0.612. The van der Waals surface area contributed by atoms with Crippen LogP contribution in [0.25, 0.3) is 0 Å². The number of hydrogen-bond donors (Lipinski definition) is 1. The Morgan fingerprint density at radius 3 is 2.20 bits per heavy atom. The molecular formula is C16H17FN2O. The molecule has 0 spiro atoms. The molecule has 0 heterocycles. The zero-order valence-corrected chi connectivity index (χ0v) is 11.6. The van der Waals surface area contributed by atoms with Gasteiger partial charge < -0.3 is 10.2 Å². The van der Waals surface area contributed by atoms with E-state index in [1.807, 2.05) is 12.1 Å². The van der Waals surface area contributed by atoms with Gasteiger partial charge in [-0.3, -0.25) is 4.79 Å². The van der Waals surface area contributed by atoms with Crippen LogP contribution in [0.15, 0.2) is 48.5 Å². The number of nitrogens with one attached hydrogen (secondary N) is 1. The molecule has 0 aliphatic rings. The highest BCUT2D eigenvalue weighted by molar-refractivity contribution is 5.94. The lowest BCUT2D eigenvalue weighted by atomic mass is 10.1. The molecule has 2 rings (SSSR count). The quantitative estimate of drug-likeness (QED) is 0.927. The van der Waals surface area contributed by atoms with Crippen LogP contribution in [0.4, 0.5) is 10.1 Å². The van der Waals surface area contributed by atoms with Crippen LogP contribution in [0.2, 0.25) is 0 Å². The first-order valence-electron chi connectivity index (χ1n) is 6.36. The molecular weight excluding hydrogens is 255 g/mol. The monoisotopic (exact) mass is 272 g/mol. The van der Waals surface area contributed by atoms with Crippen molar-refractivity contribution in [2.75, 3.05) is 19.4 Å². The number of carbonyl (C=O) groups excluding carboxylic acids is 1. The number of rotatable bonds is 4. The number of hydrogen-bond acceptors (Lipinski definition) is 2. The van der Waals surface area contributed by atoms with Gasteiger partial charge in [0.15, 0.2) is 0 Å². The zero-order valence-electron chi connectivity index (χ0n) is 11.6. The standard InChI is InChI=1S/C16H17FN2O/c1-19(2)16(20)13-5-9-15(10-6-13)18-11-12-3-7-14(17)8-4-12/h3-10,18H,11H2,1-2H3. The van der Waals surface area contributed by atoms with Gasteiger partial charge in [0.25, 0.3) is 5.91 Å². The number of carbonyl (C=O) groups is 1. The Morgan fingerprint density at radius 1 is 1.05 bits per heavy atom. The first-order valence-corrected chi connectivity index (χ1v) is 6.36. The summed E-state index contributed by atoms with van der Waals surface area (Å²) in [7, 11) is 3.45. The molecule has 0 bridgehead atoms. The van der Waals surface area contributed by atoms with Gasteiger partial charge >= 0.3 is 0 Å². The highest BCUT2D eigenvalue weighted by Gasteiger charge is 2.06.